The van der Waals surface area contributed by atoms with Crippen LogP contribution in [0.2, 0.25) is 0 Å². The second-order valence-corrected chi connectivity index (χ2v) is 7.79. The van der Waals surface area contributed by atoms with Gasteiger partial charge in [0.2, 0.25) is 0 Å². The monoisotopic (exact) mass is 392 g/mol. The van der Waals surface area contributed by atoms with Crippen molar-refractivity contribution in [3.63, 3.8) is 0 Å². The van der Waals surface area contributed by atoms with E-state index in [1.165, 1.54) is 0 Å². The Hall–Kier alpha value is -3.12. The number of aryl methyl sites for hydroxylation is 2. The van der Waals surface area contributed by atoms with E-state index in [4.69, 9.17) is 9.84 Å². The number of carbonyl (C=O) groups is 1. The molecule has 1 N–H and O–H groups in total. The minimum absolute atomic E-state index is 0.0912. The molecule has 4 rings (SSSR count). The van der Waals surface area contributed by atoms with Crippen molar-refractivity contribution in [3.8, 4) is 22.7 Å². The van der Waals surface area contributed by atoms with Crippen LogP contribution in [0.15, 0.2) is 54.6 Å². The maximum atomic E-state index is 11.1. The first kappa shape index (κ1) is 18.3. The second kappa shape index (κ2) is 7.48. The normalized spacial score (nSPS) is 11.1. The second-order valence-electron chi connectivity index (χ2n) is 6.55. The zero-order valence-corrected chi connectivity index (χ0v) is 16.5. The van der Waals surface area contributed by atoms with Crippen LogP contribution in [0.1, 0.15) is 17.1 Å². The van der Waals surface area contributed by atoms with Crippen molar-refractivity contribution in [3.05, 3.63) is 65.3 Å². The first-order chi connectivity index (χ1) is 13.5. The van der Waals surface area contributed by atoms with Gasteiger partial charge in [0.05, 0.1) is 34.4 Å². The van der Waals surface area contributed by atoms with Crippen LogP contribution in [-0.4, -0.2) is 27.7 Å². The molecule has 0 amide bonds. The summed E-state index contributed by atoms with van der Waals surface area (Å²) in [6.07, 6.45) is 0.555. The average Bonchev–Trinajstić information content (AvgIpc) is 3.28. The van der Waals surface area contributed by atoms with Crippen LogP contribution < -0.4 is 4.74 Å². The number of thiazole rings is 1. The van der Waals surface area contributed by atoms with Gasteiger partial charge in [0.25, 0.3) is 0 Å². The van der Waals surface area contributed by atoms with Crippen molar-refractivity contribution in [2.75, 3.05) is 7.11 Å². The number of hydrogen-bond acceptors (Lipinski definition) is 4. The van der Waals surface area contributed by atoms with Gasteiger partial charge in [-0.2, -0.15) is 0 Å². The fraction of sp³-hybridized carbons (Fsp3) is 0.182. The Balaban J connectivity index is 1.84. The van der Waals surface area contributed by atoms with Crippen molar-refractivity contribution in [2.24, 2.45) is 0 Å². The number of aromatic nitrogens is 2. The summed E-state index contributed by atoms with van der Waals surface area (Å²) >= 11 is 1.66. The van der Waals surface area contributed by atoms with Crippen LogP contribution in [0.5, 0.6) is 5.75 Å². The molecule has 0 aliphatic carbocycles. The minimum atomic E-state index is -0.799. The van der Waals surface area contributed by atoms with Gasteiger partial charge in [0.15, 0.2) is 0 Å². The van der Waals surface area contributed by atoms with Gasteiger partial charge < -0.3 is 14.4 Å². The standard InChI is InChI=1S/C22H20N2O3S/c1-14-23-19-10-5-17(13-21(19)28-14)24-16(7-12-22(25)26)6-11-20(24)15-3-8-18(27-2)9-4-15/h3-6,8-11,13H,7,12H2,1-2H3,(H,25,26). The van der Waals surface area contributed by atoms with E-state index in [9.17, 15) is 4.79 Å². The van der Waals surface area contributed by atoms with Crippen LogP contribution >= 0.6 is 11.3 Å². The number of hydrogen-bond donors (Lipinski definition) is 1. The Labute approximate surface area is 166 Å². The molecule has 0 radical (unpaired) electrons. The van der Waals surface area contributed by atoms with E-state index in [0.717, 1.165) is 43.6 Å². The maximum Gasteiger partial charge on any atom is 0.303 e. The van der Waals surface area contributed by atoms with Gasteiger partial charge in [-0.1, -0.05) is 0 Å². The molecule has 6 heteroatoms. The molecule has 0 spiro atoms. The molecule has 28 heavy (non-hydrogen) atoms. The lowest BCUT2D eigenvalue weighted by Crippen LogP contribution is -2.05. The molecule has 142 valence electrons. The lowest BCUT2D eigenvalue weighted by molar-refractivity contribution is -0.136. The number of rotatable bonds is 6. The topological polar surface area (TPSA) is 64.3 Å². The van der Waals surface area contributed by atoms with Crippen LogP contribution in [0.25, 0.3) is 27.2 Å². The molecule has 0 bridgehead atoms. The summed E-state index contributed by atoms with van der Waals surface area (Å²) < 4.78 is 8.52. The van der Waals surface area contributed by atoms with Crippen LogP contribution in [0.3, 0.4) is 0 Å². The number of aliphatic carboxylic acids is 1. The molecule has 0 fully saturated rings. The lowest BCUT2D eigenvalue weighted by atomic mass is 10.1. The number of carboxylic acids is 1. The van der Waals surface area contributed by atoms with E-state index in [0.29, 0.717) is 6.42 Å². The van der Waals surface area contributed by atoms with Gasteiger partial charge >= 0.3 is 5.97 Å². The summed E-state index contributed by atoms with van der Waals surface area (Å²) in [7, 11) is 1.65. The SMILES string of the molecule is COc1ccc(-c2ccc(CCC(=O)O)n2-c2ccc3nc(C)sc3c2)cc1. The van der Waals surface area contributed by atoms with Crippen molar-refractivity contribution < 1.29 is 14.6 Å². The van der Waals surface area contributed by atoms with Crippen molar-refractivity contribution in [2.45, 2.75) is 19.8 Å². The Morgan fingerprint density at radius 2 is 1.93 bits per heavy atom. The number of ether oxygens (including phenoxy) is 1. The smallest absolute Gasteiger partial charge is 0.303 e. The molecule has 2 aromatic heterocycles. The zero-order valence-electron chi connectivity index (χ0n) is 15.7. The van der Waals surface area contributed by atoms with Gasteiger partial charge in [-0.15, -0.1) is 11.3 Å². The highest BCUT2D eigenvalue weighted by Gasteiger charge is 2.14. The quantitative estimate of drug-likeness (QED) is 0.496. The fourth-order valence-electron chi connectivity index (χ4n) is 3.37. The van der Waals surface area contributed by atoms with Crippen LogP contribution in [0, 0.1) is 6.92 Å². The summed E-state index contributed by atoms with van der Waals surface area (Å²) in [6.45, 7) is 2.00. The molecule has 0 atom stereocenters. The van der Waals surface area contributed by atoms with E-state index < -0.39 is 5.97 Å². The largest absolute Gasteiger partial charge is 0.497 e. The summed E-state index contributed by atoms with van der Waals surface area (Å²) in [6, 6.07) is 18.1. The van der Waals surface area contributed by atoms with Gasteiger partial charge in [0.1, 0.15) is 5.75 Å². The Bertz CT molecular complexity index is 1140. The van der Waals surface area contributed by atoms with E-state index in [1.54, 1.807) is 18.4 Å². The number of fused-ring (bicyclic) bond motifs is 1. The first-order valence-electron chi connectivity index (χ1n) is 8.99. The highest BCUT2D eigenvalue weighted by Crippen LogP contribution is 2.31. The molecule has 0 unspecified atom stereocenters. The molecular weight excluding hydrogens is 372 g/mol. The number of carboxylic acid groups (broad SMARTS) is 1. The third-order valence-corrected chi connectivity index (χ3v) is 5.61. The highest BCUT2D eigenvalue weighted by atomic mass is 32.1. The summed E-state index contributed by atoms with van der Waals surface area (Å²) in [4.78, 5) is 15.7. The summed E-state index contributed by atoms with van der Waals surface area (Å²) in [5.74, 6) is 0.00166. The minimum Gasteiger partial charge on any atom is -0.497 e. The molecule has 2 heterocycles. The van der Waals surface area contributed by atoms with E-state index in [1.807, 2.05) is 55.5 Å². The third kappa shape index (κ3) is 3.51. The van der Waals surface area contributed by atoms with Gasteiger partial charge in [-0.3, -0.25) is 4.79 Å². The third-order valence-electron chi connectivity index (χ3n) is 4.68. The predicted octanol–water partition coefficient (Wildman–Crippen LogP) is 5.09. The lowest BCUT2D eigenvalue weighted by Gasteiger charge is -2.14. The van der Waals surface area contributed by atoms with E-state index in [2.05, 4.69) is 15.6 Å². The highest BCUT2D eigenvalue weighted by molar-refractivity contribution is 7.18. The average molecular weight is 392 g/mol. The summed E-state index contributed by atoms with van der Waals surface area (Å²) in [5, 5.41) is 10.2. The first-order valence-corrected chi connectivity index (χ1v) is 9.81. The van der Waals surface area contributed by atoms with Crippen molar-refractivity contribution >= 4 is 27.5 Å². The maximum absolute atomic E-state index is 11.1. The van der Waals surface area contributed by atoms with Gasteiger partial charge in [0, 0.05) is 11.4 Å². The van der Waals surface area contributed by atoms with Crippen LogP contribution in [0.4, 0.5) is 0 Å². The zero-order chi connectivity index (χ0) is 19.7. The van der Waals surface area contributed by atoms with E-state index >= 15 is 0 Å². The van der Waals surface area contributed by atoms with Gasteiger partial charge in [-0.05, 0) is 73.5 Å². The molecule has 2 aromatic carbocycles. The number of benzene rings is 2. The molecule has 0 saturated heterocycles. The Morgan fingerprint density at radius 3 is 2.64 bits per heavy atom. The molecule has 4 aromatic rings. The summed E-state index contributed by atoms with van der Waals surface area (Å²) in [5.41, 5.74) is 5.02. The Morgan fingerprint density at radius 1 is 1.14 bits per heavy atom. The molecule has 5 nitrogen and oxygen atoms in total. The van der Waals surface area contributed by atoms with Crippen LogP contribution in [-0.2, 0) is 11.2 Å². The van der Waals surface area contributed by atoms with Gasteiger partial charge in [-0.25, -0.2) is 4.98 Å². The van der Waals surface area contributed by atoms with Crippen molar-refractivity contribution in [1.29, 1.82) is 0 Å². The fourth-order valence-corrected chi connectivity index (χ4v) is 4.23. The van der Waals surface area contributed by atoms with E-state index in [-0.39, 0.29) is 6.42 Å². The molecule has 0 aliphatic rings. The number of methoxy groups -OCH3 is 1. The molecule has 0 saturated carbocycles. The molecule has 0 aliphatic heterocycles. The predicted molar refractivity (Wildman–Crippen MR) is 112 cm³/mol. The number of nitrogens with zero attached hydrogens (tertiary/aromatic N) is 2. The Kier molecular flexibility index (Phi) is 4.88. The van der Waals surface area contributed by atoms with Crippen molar-refractivity contribution in [1.82, 2.24) is 9.55 Å². The molecular formula is C22H20N2O3S.